The van der Waals surface area contributed by atoms with E-state index in [0.717, 1.165) is 48.9 Å². The summed E-state index contributed by atoms with van der Waals surface area (Å²) in [6.07, 6.45) is 9.10. The van der Waals surface area contributed by atoms with Gasteiger partial charge in [-0.15, -0.1) is 0 Å². The van der Waals surface area contributed by atoms with Crippen LogP contribution in [0.1, 0.15) is 94.6 Å². The van der Waals surface area contributed by atoms with Crippen LogP contribution < -0.4 is 0 Å². The molecule has 0 aromatic heterocycles. The quantitative estimate of drug-likeness (QED) is 0.206. The SMILES string of the molecule is CCC[C@H]1CC[C@H](CCCC[SiH]2CCC(c3cc(F)c(C(F)(F)F)c(F)c3)CC2)CC1. The number of halogens is 5. The van der Waals surface area contributed by atoms with Gasteiger partial charge in [-0.1, -0.05) is 82.8 Å². The standard InChI is InChI=1S/C25H37F5Si/c1-2-5-18-7-9-19(10-8-18)6-3-4-13-31-14-11-20(12-15-31)21-16-22(26)24(23(27)17-21)25(28,29)30/h16-20,31H,2-15H2,1H3/t18-,19-,20?,31?. The predicted molar refractivity (Wildman–Crippen MR) is 119 cm³/mol. The van der Waals surface area contributed by atoms with Crippen LogP contribution in [0.25, 0.3) is 0 Å². The van der Waals surface area contributed by atoms with Gasteiger partial charge in [-0.05, 0) is 48.3 Å². The van der Waals surface area contributed by atoms with Crippen LogP contribution in [-0.2, 0) is 6.18 Å². The molecule has 1 saturated heterocycles. The van der Waals surface area contributed by atoms with Crippen molar-refractivity contribution in [2.45, 2.75) is 108 Å². The maximum Gasteiger partial charge on any atom is 0.422 e. The van der Waals surface area contributed by atoms with Crippen LogP contribution in [-0.4, -0.2) is 8.80 Å². The molecule has 0 nitrogen and oxygen atoms in total. The monoisotopic (exact) mass is 460 g/mol. The zero-order valence-corrected chi connectivity index (χ0v) is 19.9. The summed E-state index contributed by atoms with van der Waals surface area (Å²) >= 11 is 0. The second-order valence-electron chi connectivity index (χ2n) is 10.0. The maximum atomic E-state index is 13.9. The average Bonchev–Trinajstić information content (AvgIpc) is 2.71. The van der Waals surface area contributed by atoms with Crippen molar-refractivity contribution in [2.75, 3.05) is 0 Å². The molecular formula is C25H37F5Si. The summed E-state index contributed by atoms with van der Waals surface area (Å²) < 4.78 is 66.1. The van der Waals surface area contributed by atoms with Gasteiger partial charge in [-0.25, -0.2) is 8.78 Å². The zero-order valence-electron chi connectivity index (χ0n) is 18.8. The van der Waals surface area contributed by atoms with Crippen LogP contribution in [0.5, 0.6) is 0 Å². The van der Waals surface area contributed by atoms with E-state index < -0.39 is 32.2 Å². The third kappa shape index (κ3) is 7.03. The highest BCUT2D eigenvalue weighted by atomic mass is 28.3. The normalized spacial score (nSPS) is 27.4. The van der Waals surface area contributed by atoms with Crippen molar-refractivity contribution in [1.82, 2.24) is 0 Å². The molecule has 0 bridgehead atoms. The summed E-state index contributed by atoms with van der Waals surface area (Å²) in [5.41, 5.74) is -1.37. The van der Waals surface area contributed by atoms with Crippen molar-refractivity contribution in [3.8, 4) is 0 Å². The second kappa shape index (κ2) is 11.3. The lowest BCUT2D eigenvalue weighted by atomic mass is 9.78. The van der Waals surface area contributed by atoms with Crippen molar-refractivity contribution >= 4 is 8.80 Å². The van der Waals surface area contributed by atoms with Gasteiger partial charge in [-0.3, -0.25) is 0 Å². The Morgan fingerprint density at radius 1 is 0.839 bits per heavy atom. The number of alkyl halides is 3. The molecular weight excluding hydrogens is 423 g/mol. The van der Waals surface area contributed by atoms with Crippen molar-refractivity contribution in [3.63, 3.8) is 0 Å². The molecule has 31 heavy (non-hydrogen) atoms. The van der Waals surface area contributed by atoms with E-state index in [9.17, 15) is 22.0 Å². The summed E-state index contributed by atoms with van der Waals surface area (Å²) in [5.74, 6) is -1.07. The van der Waals surface area contributed by atoms with E-state index >= 15 is 0 Å². The first-order valence-electron chi connectivity index (χ1n) is 12.3. The van der Waals surface area contributed by atoms with E-state index in [1.54, 1.807) is 0 Å². The smallest absolute Gasteiger partial charge is 0.206 e. The second-order valence-corrected chi connectivity index (χ2v) is 13.5. The summed E-state index contributed by atoms with van der Waals surface area (Å²) in [6.45, 7) is 2.28. The van der Waals surface area contributed by atoms with E-state index in [4.69, 9.17) is 0 Å². The van der Waals surface area contributed by atoms with Gasteiger partial charge in [0.2, 0.25) is 0 Å². The number of rotatable bonds is 8. The molecule has 3 rings (SSSR count). The summed E-state index contributed by atoms with van der Waals surface area (Å²) in [4.78, 5) is 0. The Hall–Kier alpha value is -0.913. The molecule has 0 N–H and O–H groups in total. The highest BCUT2D eigenvalue weighted by molar-refractivity contribution is 6.59. The van der Waals surface area contributed by atoms with Gasteiger partial charge in [0.05, 0.1) is 0 Å². The van der Waals surface area contributed by atoms with Crippen LogP contribution in [0.15, 0.2) is 12.1 Å². The molecule has 6 heteroatoms. The van der Waals surface area contributed by atoms with Crippen molar-refractivity contribution in [1.29, 1.82) is 0 Å². The van der Waals surface area contributed by atoms with E-state index in [2.05, 4.69) is 6.92 Å². The molecule has 1 aliphatic heterocycles. The van der Waals surface area contributed by atoms with Crippen LogP contribution in [0, 0.1) is 23.5 Å². The van der Waals surface area contributed by atoms with Gasteiger partial charge >= 0.3 is 6.18 Å². The Kier molecular flexibility index (Phi) is 9.00. The summed E-state index contributed by atoms with van der Waals surface area (Å²) in [7, 11) is -0.811. The lowest BCUT2D eigenvalue weighted by molar-refractivity contribution is -0.142. The molecule has 0 atom stereocenters. The maximum absolute atomic E-state index is 13.9. The van der Waals surface area contributed by atoms with Gasteiger partial charge in [0.1, 0.15) is 17.2 Å². The van der Waals surface area contributed by atoms with Crippen LogP contribution in [0.3, 0.4) is 0 Å². The Balaban J connectivity index is 1.37. The topological polar surface area (TPSA) is 0 Å². The first kappa shape index (κ1) is 24.7. The fraction of sp³-hybridized carbons (Fsp3) is 0.760. The van der Waals surface area contributed by atoms with Gasteiger partial charge in [-0.2, -0.15) is 13.2 Å². The minimum atomic E-state index is -4.99. The highest BCUT2D eigenvalue weighted by Crippen LogP contribution is 2.40. The van der Waals surface area contributed by atoms with Crippen molar-refractivity contribution in [2.24, 2.45) is 11.8 Å². The molecule has 2 fully saturated rings. The van der Waals surface area contributed by atoms with Gasteiger partial charge < -0.3 is 0 Å². The highest BCUT2D eigenvalue weighted by Gasteiger charge is 2.38. The number of benzene rings is 1. The number of unbranched alkanes of at least 4 members (excludes halogenated alkanes) is 1. The molecule has 1 aromatic carbocycles. The Labute approximate surface area is 185 Å². The molecule has 0 spiro atoms. The van der Waals surface area contributed by atoms with Crippen LogP contribution in [0.4, 0.5) is 22.0 Å². The van der Waals surface area contributed by atoms with Crippen LogP contribution in [0.2, 0.25) is 18.1 Å². The molecule has 1 aliphatic carbocycles. The lowest BCUT2D eigenvalue weighted by Gasteiger charge is -2.29. The molecule has 2 aliphatic rings. The molecule has 0 unspecified atom stereocenters. The van der Waals surface area contributed by atoms with E-state index in [-0.39, 0.29) is 5.92 Å². The molecule has 1 heterocycles. The fourth-order valence-electron chi connectivity index (χ4n) is 5.97. The first-order valence-corrected chi connectivity index (χ1v) is 14.8. The van der Waals surface area contributed by atoms with Gasteiger partial charge in [0, 0.05) is 8.80 Å². The van der Waals surface area contributed by atoms with E-state index in [0.29, 0.717) is 5.56 Å². The predicted octanol–water partition coefficient (Wildman–Crippen LogP) is 8.86. The van der Waals surface area contributed by atoms with Gasteiger partial charge in [0.25, 0.3) is 0 Å². The first-order chi connectivity index (χ1) is 14.8. The van der Waals surface area contributed by atoms with Crippen LogP contribution >= 0.6 is 0 Å². The van der Waals surface area contributed by atoms with Gasteiger partial charge in [0.15, 0.2) is 0 Å². The van der Waals surface area contributed by atoms with Crippen molar-refractivity contribution < 1.29 is 22.0 Å². The Morgan fingerprint density at radius 2 is 1.39 bits per heavy atom. The summed E-state index contributed by atoms with van der Waals surface area (Å²) in [5, 5.41) is 0. The molecule has 1 aromatic rings. The number of hydrogen-bond donors (Lipinski definition) is 0. The molecule has 0 radical (unpaired) electrons. The molecule has 1 saturated carbocycles. The minimum absolute atomic E-state index is 0.00617. The molecule has 176 valence electrons. The zero-order chi connectivity index (χ0) is 22.4. The average molecular weight is 461 g/mol. The summed E-state index contributed by atoms with van der Waals surface area (Å²) in [6, 6.07) is 5.43. The minimum Gasteiger partial charge on any atom is -0.206 e. The largest absolute Gasteiger partial charge is 0.422 e. The van der Waals surface area contributed by atoms with E-state index in [1.807, 2.05) is 0 Å². The molecule has 0 amide bonds. The Morgan fingerprint density at radius 3 is 1.90 bits per heavy atom. The fourth-order valence-corrected chi connectivity index (χ4v) is 9.45. The third-order valence-electron chi connectivity index (χ3n) is 7.80. The van der Waals surface area contributed by atoms with Crippen molar-refractivity contribution in [3.05, 3.63) is 34.9 Å². The van der Waals surface area contributed by atoms with E-state index in [1.165, 1.54) is 63.8 Å². The third-order valence-corrected chi connectivity index (χ3v) is 11.3. The number of hydrogen-bond acceptors (Lipinski definition) is 0. The lowest BCUT2D eigenvalue weighted by Crippen LogP contribution is -2.21. The Bertz CT molecular complexity index is 663.